The third-order valence-electron chi connectivity index (χ3n) is 5.29. The van der Waals surface area contributed by atoms with Gasteiger partial charge in [0.25, 0.3) is 0 Å². The van der Waals surface area contributed by atoms with Crippen LogP contribution in [0.15, 0.2) is 48.5 Å². The van der Waals surface area contributed by atoms with E-state index in [2.05, 4.69) is 10.6 Å². The molecular formula is C26H28N2O4. The van der Waals surface area contributed by atoms with Crippen LogP contribution in [0.1, 0.15) is 43.0 Å². The van der Waals surface area contributed by atoms with Crippen molar-refractivity contribution in [2.24, 2.45) is 0 Å². The maximum Gasteiger partial charge on any atom is 0.340 e. The number of nitrogens with one attached hydrogen (secondary N) is 2. The van der Waals surface area contributed by atoms with Crippen LogP contribution in [0.4, 0.5) is 22.7 Å². The SMILES string of the molecule is COC(=O)c1cc(Nc2cc(C)ccc2C)c(C(=O)OC)cc1Nc1cc(C)ccc1C. The van der Waals surface area contributed by atoms with Crippen LogP contribution in [0.5, 0.6) is 0 Å². The highest BCUT2D eigenvalue weighted by Gasteiger charge is 2.21. The summed E-state index contributed by atoms with van der Waals surface area (Å²) in [4.78, 5) is 25.3. The highest BCUT2D eigenvalue weighted by atomic mass is 16.5. The first kappa shape index (κ1) is 22.9. The second-order valence-corrected chi connectivity index (χ2v) is 7.81. The average Bonchev–Trinajstić information content (AvgIpc) is 2.78. The molecule has 0 radical (unpaired) electrons. The zero-order chi connectivity index (χ0) is 23.4. The van der Waals surface area contributed by atoms with E-state index in [0.717, 1.165) is 33.6 Å². The summed E-state index contributed by atoms with van der Waals surface area (Å²) in [6, 6.07) is 15.2. The molecule has 0 aliphatic carbocycles. The molecule has 0 bridgehead atoms. The second kappa shape index (κ2) is 9.56. The van der Waals surface area contributed by atoms with Gasteiger partial charge in [-0.15, -0.1) is 0 Å². The lowest BCUT2D eigenvalue weighted by Gasteiger charge is -2.19. The first-order valence-corrected chi connectivity index (χ1v) is 10.3. The predicted octanol–water partition coefficient (Wildman–Crippen LogP) is 5.98. The fraction of sp³-hybridized carbons (Fsp3) is 0.231. The van der Waals surface area contributed by atoms with Crippen LogP contribution in [0.3, 0.4) is 0 Å². The van der Waals surface area contributed by atoms with Crippen molar-refractivity contribution in [1.29, 1.82) is 0 Å². The van der Waals surface area contributed by atoms with Crippen LogP contribution >= 0.6 is 0 Å². The van der Waals surface area contributed by atoms with E-state index in [0.29, 0.717) is 22.5 Å². The summed E-state index contributed by atoms with van der Waals surface area (Å²) in [6.07, 6.45) is 0. The minimum atomic E-state index is -0.516. The number of carbonyl (C=O) groups is 2. The highest BCUT2D eigenvalue weighted by molar-refractivity contribution is 6.04. The highest BCUT2D eigenvalue weighted by Crippen LogP contribution is 2.33. The number of anilines is 4. The van der Waals surface area contributed by atoms with E-state index >= 15 is 0 Å². The summed E-state index contributed by atoms with van der Waals surface area (Å²) in [7, 11) is 2.66. The van der Waals surface area contributed by atoms with E-state index < -0.39 is 11.9 Å². The van der Waals surface area contributed by atoms with Crippen LogP contribution in [0, 0.1) is 27.7 Å². The van der Waals surface area contributed by atoms with Crippen molar-refractivity contribution in [3.63, 3.8) is 0 Å². The summed E-state index contributed by atoms with van der Waals surface area (Å²) in [5.74, 6) is -1.03. The lowest BCUT2D eigenvalue weighted by molar-refractivity contribution is 0.0588. The molecule has 3 rings (SSSR count). The molecule has 0 aromatic heterocycles. The quantitative estimate of drug-likeness (QED) is 0.467. The molecule has 0 saturated heterocycles. The molecule has 6 heteroatoms. The van der Waals surface area contributed by atoms with Gasteiger partial charge in [-0.05, 0) is 74.2 Å². The van der Waals surface area contributed by atoms with Crippen molar-refractivity contribution in [3.8, 4) is 0 Å². The van der Waals surface area contributed by atoms with Gasteiger partial charge in [0.2, 0.25) is 0 Å². The van der Waals surface area contributed by atoms with Gasteiger partial charge in [0, 0.05) is 11.4 Å². The maximum atomic E-state index is 12.6. The molecule has 32 heavy (non-hydrogen) atoms. The summed E-state index contributed by atoms with van der Waals surface area (Å²) >= 11 is 0. The number of hydrogen-bond acceptors (Lipinski definition) is 6. The number of rotatable bonds is 6. The van der Waals surface area contributed by atoms with Gasteiger partial charge in [-0.1, -0.05) is 24.3 Å². The Kier molecular flexibility index (Phi) is 6.83. The Morgan fingerprint density at radius 3 is 1.31 bits per heavy atom. The van der Waals surface area contributed by atoms with Crippen molar-refractivity contribution < 1.29 is 19.1 Å². The molecule has 0 unspecified atom stereocenters. The van der Waals surface area contributed by atoms with Gasteiger partial charge < -0.3 is 20.1 Å². The third-order valence-corrected chi connectivity index (χ3v) is 5.29. The second-order valence-electron chi connectivity index (χ2n) is 7.81. The number of ether oxygens (including phenoxy) is 2. The van der Waals surface area contributed by atoms with Gasteiger partial charge in [0.05, 0.1) is 36.7 Å². The van der Waals surface area contributed by atoms with Crippen molar-refractivity contribution in [2.75, 3.05) is 24.9 Å². The summed E-state index contributed by atoms with van der Waals surface area (Å²) < 4.78 is 10.0. The largest absolute Gasteiger partial charge is 0.465 e. The molecule has 0 fully saturated rings. The molecule has 0 atom stereocenters. The Bertz CT molecular complexity index is 1090. The van der Waals surface area contributed by atoms with Gasteiger partial charge >= 0.3 is 11.9 Å². The van der Waals surface area contributed by atoms with Crippen LogP contribution in [0.25, 0.3) is 0 Å². The van der Waals surface area contributed by atoms with E-state index in [1.165, 1.54) is 14.2 Å². The minimum Gasteiger partial charge on any atom is -0.465 e. The van der Waals surface area contributed by atoms with Crippen LogP contribution in [-0.4, -0.2) is 26.2 Å². The Labute approximate surface area is 188 Å². The van der Waals surface area contributed by atoms with Crippen molar-refractivity contribution in [2.45, 2.75) is 27.7 Å². The molecular weight excluding hydrogens is 404 g/mol. The molecule has 0 heterocycles. The molecule has 0 saturated carbocycles. The lowest BCUT2D eigenvalue weighted by atomic mass is 10.0. The molecule has 0 spiro atoms. The fourth-order valence-corrected chi connectivity index (χ4v) is 3.40. The molecule has 0 amide bonds. The molecule has 0 aliphatic heterocycles. The number of aryl methyl sites for hydroxylation is 4. The summed E-state index contributed by atoms with van der Waals surface area (Å²) in [5.41, 5.74) is 7.32. The van der Waals surface area contributed by atoms with E-state index in [9.17, 15) is 9.59 Å². The van der Waals surface area contributed by atoms with Crippen LogP contribution in [-0.2, 0) is 9.47 Å². The normalized spacial score (nSPS) is 10.4. The smallest absolute Gasteiger partial charge is 0.340 e. The van der Waals surface area contributed by atoms with E-state index in [4.69, 9.17) is 9.47 Å². The Morgan fingerprint density at radius 1 is 0.594 bits per heavy atom. The van der Waals surface area contributed by atoms with Gasteiger partial charge in [0.1, 0.15) is 0 Å². The molecule has 3 aromatic rings. The molecule has 3 aromatic carbocycles. The Morgan fingerprint density at radius 2 is 0.969 bits per heavy atom. The first-order valence-electron chi connectivity index (χ1n) is 10.3. The monoisotopic (exact) mass is 432 g/mol. The van der Waals surface area contributed by atoms with Gasteiger partial charge in [-0.3, -0.25) is 0 Å². The maximum absolute atomic E-state index is 12.6. The summed E-state index contributed by atoms with van der Waals surface area (Å²) in [6.45, 7) is 7.92. The van der Waals surface area contributed by atoms with E-state index in [-0.39, 0.29) is 0 Å². The average molecular weight is 433 g/mol. The van der Waals surface area contributed by atoms with Gasteiger partial charge in [0.15, 0.2) is 0 Å². The molecule has 166 valence electrons. The zero-order valence-electron chi connectivity index (χ0n) is 19.3. The third kappa shape index (κ3) is 4.91. The first-order chi connectivity index (χ1) is 15.2. The lowest BCUT2D eigenvalue weighted by Crippen LogP contribution is -2.12. The van der Waals surface area contributed by atoms with E-state index in [1.807, 2.05) is 64.1 Å². The van der Waals surface area contributed by atoms with E-state index in [1.54, 1.807) is 12.1 Å². The Balaban J connectivity index is 2.17. The van der Waals surface area contributed by atoms with Crippen molar-refractivity contribution >= 4 is 34.7 Å². The van der Waals surface area contributed by atoms with Crippen molar-refractivity contribution in [1.82, 2.24) is 0 Å². The van der Waals surface area contributed by atoms with Gasteiger partial charge in [-0.2, -0.15) is 0 Å². The van der Waals surface area contributed by atoms with Gasteiger partial charge in [-0.25, -0.2) is 9.59 Å². The number of hydrogen-bond donors (Lipinski definition) is 2. The number of benzene rings is 3. The standard InChI is InChI=1S/C26H28N2O4/c1-15-7-9-17(3)21(11-15)27-23-13-20(26(30)32-6)24(14-19(23)25(29)31-5)28-22-12-16(2)8-10-18(22)4/h7-14,27-28H,1-6H3. The molecule has 0 aliphatic rings. The Hall–Kier alpha value is -3.80. The fourth-order valence-electron chi connectivity index (χ4n) is 3.40. The summed E-state index contributed by atoms with van der Waals surface area (Å²) in [5, 5.41) is 6.58. The predicted molar refractivity (Wildman–Crippen MR) is 128 cm³/mol. The van der Waals surface area contributed by atoms with Crippen LogP contribution < -0.4 is 10.6 Å². The zero-order valence-corrected chi connectivity index (χ0v) is 19.3. The van der Waals surface area contributed by atoms with Crippen molar-refractivity contribution in [3.05, 3.63) is 81.9 Å². The number of carbonyl (C=O) groups excluding carboxylic acids is 2. The number of esters is 2. The molecule has 6 nitrogen and oxygen atoms in total. The number of methoxy groups -OCH3 is 2. The minimum absolute atomic E-state index is 0.300. The topological polar surface area (TPSA) is 76.7 Å². The van der Waals surface area contributed by atoms with Crippen LogP contribution in [0.2, 0.25) is 0 Å². The molecule has 2 N–H and O–H groups in total.